The van der Waals surface area contributed by atoms with Crippen LogP contribution in [0.4, 0.5) is 0 Å². The first-order valence-corrected chi connectivity index (χ1v) is 7.56. The van der Waals surface area contributed by atoms with E-state index in [1.165, 1.54) is 0 Å². The van der Waals surface area contributed by atoms with Crippen LogP contribution in [0, 0.1) is 0 Å². The molecule has 100 valence electrons. The molecule has 0 aromatic heterocycles. The highest BCUT2D eigenvalue weighted by atomic mass is 31.2. The first-order chi connectivity index (χ1) is 8.33. The lowest BCUT2D eigenvalue weighted by Gasteiger charge is -2.29. The van der Waals surface area contributed by atoms with Crippen LogP contribution in [-0.2, 0) is 15.5 Å². The van der Waals surface area contributed by atoms with Crippen molar-refractivity contribution in [3.05, 3.63) is 35.9 Å². The van der Waals surface area contributed by atoms with Crippen LogP contribution in [0.1, 0.15) is 25.3 Å². The molecule has 0 bridgehead atoms. The SMILES string of the molecule is CCCC(N)(C(=O)O)P(=O)(O)Cc1ccccc1. The number of hydrogen-bond acceptors (Lipinski definition) is 3. The maximum absolute atomic E-state index is 12.3. The van der Waals surface area contributed by atoms with Gasteiger partial charge in [-0.1, -0.05) is 43.7 Å². The molecule has 0 aliphatic rings. The molecule has 5 nitrogen and oxygen atoms in total. The molecular weight excluding hydrogens is 253 g/mol. The van der Waals surface area contributed by atoms with Crippen LogP contribution in [0.5, 0.6) is 0 Å². The molecule has 18 heavy (non-hydrogen) atoms. The van der Waals surface area contributed by atoms with Gasteiger partial charge in [0, 0.05) is 0 Å². The largest absolute Gasteiger partial charge is 0.479 e. The number of hydrogen-bond donors (Lipinski definition) is 3. The van der Waals surface area contributed by atoms with Crippen molar-refractivity contribution in [2.24, 2.45) is 5.73 Å². The molecule has 1 rings (SSSR count). The van der Waals surface area contributed by atoms with Crippen LogP contribution >= 0.6 is 7.37 Å². The topological polar surface area (TPSA) is 101 Å². The van der Waals surface area contributed by atoms with Crippen LogP contribution in [0.15, 0.2) is 30.3 Å². The molecule has 0 aliphatic carbocycles. The van der Waals surface area contributed by atoms with Gasteiger partial charge in [-0.15, -0.1) is 0 Å². The molecule has 0 amide bonds. The van der Waals surface area contributed by atoms with Crippen molar-refractivity contribution >= 4 is 13.3 Å². The molecule has 1 aromatic rings. The van der Waals surface area contributed by atoms with Crippen LogP contribution in [0.3, 0.4) is 0 Å². The molecule has 1 aromatic carbocycles. The molecule has 0 aliphatic heterocycles. The zero-order valence-corrected chi connectivity index (χ0v) is 11.1. The summed E-state index contributed by atoms with van der Waals surface area (Å²) in [5.41, 5.74) is 6.27. The van der Waals surface area contributed by atoms with Crippen molar-refractivity contribution in [2.75, 3.05) is 0 Å². The zero-order valence-electron chi connectivity index (χ0n) is 10.2. The first-order valence-electron chi connectivity index (χ1n) is 5.71. The Morgan fingerprint density at radius 2 is 1.94 bits per heavy atom. The van der Waals surface area contributed by atoms with E-state index in [9.17, 15) is 14.3 Å². The number of carboxylic acid groups (broad SMARTS) is 1. The van der Waals surface area contributed by atoms with E-state index in [2.05, 4.69) is 0 Å². The van der Waals surface area contributed by atoms with Gasteiger partial charge in [0.1, 0.15) is 0 Å². The van der Waals surface area contributed by atoms with E-state index in [4.69, 9.17) is 10.8 Å². The highest BCUT2D eigenvalue weighted by Gasteiger charge is 2.49. The Morgan fingerprint density at radius 1 is 1.39 bits per heavy atom. The second-order valence-corrected chi connectivity index (χ2v) is 6.84. The number of carbonyl (C=O) groups is 1. The monoisotopic (exact) mass is 271 g/mol. The Labute approximate surface area is 106 Å². The van der Waals surface area contributed by atoms with Gasteiger partial charge in [0.05, 0.1) is 6.16 Å². The van der Waals surface area contributed by atoms with Crippen molar-refractivity contribution in [1.29, 1.82) is 0 Å². The van der Waals surface area contributed by atoms with Crippen molar-refractivity contribution in [3.8, 4) is 0 Å². The summed E-state index contributed by atoms with van der Waals surface area (Å²) in [6, 6.07) is 8.60. The van der Waals surface area contributed by atoms with E-state index in [-0.39, 0.29) is 12.6 Å². The Bertz CT molecular complexity index is 462. The van der Waals surface area contributed by atoms with Gasteiger partial charge in [-0.05, 0) is 12.0 Å². The van der Waals surface area contributed by atoms with E-state index >= 15 is 0 Å². The third-order valence-corrected chi connectivity index (χ3v) is 5.32. The van der Waals surface area contributed by atoms with E-state index < -0.39 is 18.6 Å². The highest BCUT2D eigenvalue weighted by Crippen LogP contribution is 2.56. The third kappa shape index (κ3) is 2.99. The number of aliphatic carboxylic acids is 1. The number of rotatable bonds is 6. The summed E-state index contributed by atoms with van der Waals surface area (Å²) in [5, 5.41) is 7.05. The molecule has 6 heteroatoms. The standard InChI is InChI=1S/C12H18NO4P/c1-2-8-12(13,11(14)15)18(16,17)9-10-6-4-3-5-7-10/h3-7H,2,8-9,13H2,1H3,(H,14,15)(H,16,17). The Kier molecular flexibility index (Phi) is 4.68. The van der Waals surface area contributed by atoms with Gasteiger partial charge in [-0.3, -0.25) is 4.57 Å². The van der Waals surface area contributed by atoms with Crippen molar-refractivity contribution in [1.82, 2.24) is 0 Å². The van der Waals surface area contributed by atoms with E-state index in [0.717, 1.165) is 0 Å². The minimum atomic E-state index is -4.03. The summed E-state index contributed by atoms with van der Waals surface area (Å²) in [6.45, 7) is 1.73. The maximum atomic E-state index is 12.3. The number of nitrogens with two attached hydrogens (primary N) is 1. The van der Waals surface area contributed by atoms with Gasteiger partial charge in [-0.25, -0.2) is 4.79 Å². The molecule has 4 N–H and O–H groups in total. The highest BCUT2D eigenvalue weighted by molar-refractivity contribution is 7.59. The number of benzene rings is 1. The second kappa shape index (κ2) is 5.65. The van der Waals surface area contributed by atoms with Crippen LogP contribution in [-0.4, -0.2) is 21.2 Å². The van der Waals surface area contributed by atoms with Crippen molar-refractivity contribution < 1.29 is 19.4 Å². The van der Waals surface area contributed by atoms with Crippen LogP contribution < -0.4 is 5.73 Å². The average molecular weight is 271 g/mol. The predicted octanol–water partition coefficient (Wildman–Crippen LogP) is 2.00. The van der Waals surface area contributed by atoms with Gasteiger partial charge >= 0.3 is 5.97 Å². The van der Waals surface area contributed by atoms with Gasteiger partial charge in [0.2, 0.25) is 7.37 Å². The summed E-state index contributed by atoms with van der Waals surface area (Å²) in [5.74, 6) is -1.42. The summed E-state index contributed by atoms with van der Waals surface area (Å²) in [7, 11) is -4.03. The fraction of sp³-hybridized carbons (Fsp3) is 0.417. The maximum Gasteiger partial charge on any atom is 0.333 e. The molecule has 2 unspecified atom stereocenters. The quantitative estimate of drug-likeness (QED) is 0.687. The third-order valence-electron chi connectivity index (χ3n) is 2.86. The molecule has 2 atom stereocenters. The lowest BCUT2D eigenvalue weighted by Crippen LogP contribution is -2.47. The summed E-state index contributed by atoms with van der Waals surface area (Å²) in [6.07, 6.45) is 0.182. The molecule has 0 saturated heterocycles. The first kappa shape index (κ1) is 14.9. The van der Waals surface area contributed by atoms with E-state index in [1.54, 1.807) is 37.3 Å². The predicted molar refractivity (Wildman–Crippen MR) is 69.4 cm³/mol. The lowest BCUT2D eigenvalue weighted by molar-refractivity contribution is -0.140. The summed E-state index contributed by atoms with van der Waals surface area (Å²) in [4.78, 5) is 21.2. The smallest absolute Gasteiger partial charge is 0.333 e. The molecule has 0 fully saturated rings. The van der Waals surface area contributed by atoms with E-state index in [1.807, 2.05) is 0 Å². The Balaban J connectivity index is 3.03. The van der Waals surface area contributed by atoms with E-state index in [0.29, 0.717) is 12.0 Å². The molecule has 0 saturated carbocycles. The van der Waals surface area contributed by atoms with Crippen molar-refractivity contribution in [2.45, 2.75) is 31.2 Å². The zero-order chi connectivity index (χ0) is 13.8. The van der Waals surface area contributed by atoms with Gasteiger partial charge in [0.25, 0.3) is 0 Å². The number of carboxylic acids is 1. The summed E-state index contributed by atoms with van der Waals surface area (Å²) < 4.78 is 12.3. The summed E-state index contributed by atoms with van der Waals surface area (Å²) >= 11 is 0. The van der Waals surface area contributed by atoms with Gasteiger partial charge < -0.3 is 15.7 Å². The fourth-order valence-corrected chi connectivity index (χ4v) is 3.64. The minimum absolute atomic E-state index is 0.0249. The van der Waals surface area contributed by atoms with Crippen molar-refractivity contribution in [3.63, 3.8) is 0 Å². The van der Waals surface area contributed by atoms with Gasteiger partial charge in [0.15, 0.2) is 5.28 Å². The lowest BCUT2D eigenvalue weighted by atomic mass is 10.2. The van der Waals surface area contributed by atoms with Crippen LogP contribution in [0.2, 0.25) is 0 Å². The van der Waals surface area contributed by atoms with Gasteiger partial charge in [-0.2, -0.15) is 0 Å². The average Bonchev–Trinajstić information content (AvgIpc) is 2.29. The normalized spacial score (nSPS) is 17.7. The Hall–Kier alpha value is -1.16. The molecule has 0 spiro atoms. The Morgan fingerprint density at radius 3 is 2.39 bits per heavy atom. The molecular formula is C12H18NO4P. The molecule has 0 radical (unpaired) electrons. The fourth-order valence-electron chi connectivity index (χ4n) is 1.78. The van der Waals surface area contributed by atoms with Crippen LogP contribution in [0.25, 0.3) is 0 Å². The molecule has 0 heterocycles. The minimum Gasteiger partial charge on any atom is -0.479 e. The second-order valence-electron chi connectivity index (χ2n) is 4.32.